The molecule has 1 aliphatic rings. The molecule has 1 aromatic carbocycles. The summed E-state index contributed by atoms with van der Waals surface area (Å²) >= 11 is 0. The molecule has 8 nitrogen and oxygen atoms in total. The van der Waals surface area contributed by atoms with Crippen LogP contribution in [0.1, 0.15) is 51.1 Å². The largest absolute Gasteiger partial charge is 0.459 e. The summed E-state index contributed by atoms with van der Waals surface area (Å²) in [7, 11) is 0. The molecule has 3 aromatic heterocycles. The van der Waals surface area contributed by atoms with Gasteiger partial charge in [-0.05, 0) is 61.7 Å². The van der Waals surface area contributed by atoms with Crippen molar-refractivity contribution in [3.05, 3.63) is 83.7 Å². The minimum Gasteiger partial charge on any atom is -0.459 e. The highest BCUT2D eigenvalue weighted by atomic mass is 16.3. The first kappa shape index (κ1) is 20.0. The highest BCUT2D eigenvalue weighted by Crippen LogP contribution is 2.28. The van der Waals surface area contributed by atoms with Gasteiger partial charge in [-0.15, -0.1) is 10.2 Å². The lowest BCUT2D eigenvalue weighted by molar-refractivity contribution is 0.0704. The van der Waals surface area contributed by atoms with Gasteiger partial charge in [0.2, 0.25) is 0 Å². The number of pyridine rings is 1. The maximum Gasteiger partial charge on any atom is 0.291 e. The summed E-state index contributed by atoms with van der Waals surface area (Å²) in [5.41, 5.74) is 2.81. The Bertz CT molecular complexity index is 1280. The number of fused-ring (bicyclic) bond motifs is 1. The number of anilines is 1. The fourth-order valence-corrected chi connectivity index (χ4v) is 4.17. The molecule has 2 amide bonds. The number of aryl methyl sites for hydroxylation is 1. The van der Waals surface area contributed by atoms with Crippen LogP contribution in [0.5, 0.6) is 0 Å². The number of carbonyl (C=O) groups excluding carboxylic acids is 2. The number of nitrogens with one attached hydrogen (secondary N) is 1. The number of nitrogens with zero attached hydrogens (tertiary/aromatic N) is 4. The van der Waals surface area contributed by atoms with Crippen LogP contribution < -0.4 is 5.32 Å². The first-order valence-corrected chi connectivity index (χ1v) is 10.6. The third-order valence-electron chi connectivity index (χ3n) is 5.89. The average molecular weight is 429 g/mol. The van der Waals surface area contributed by atoms with E-state index >= 15 is 0 Å². The molecule has 4 aromatic rings. The zero-order valence-corrected chi connectivity index (χ0v) is 17.7. The molecule has 1 aliphatic heterocycles. The first-order valence-electron chi connectivity index (χ1n) is 10.6. The lowest BCUT2D eigenvalue weighted by atomic mass is 9.96. The fraction of sp³-hybridized carbons (Fsp3) is 0.250. The van der Waals surface area contributed by atoms with E-state index in [4.69, 9.17) is 4.42 Å². The fourth-order valence-electron chi connectivity index (χ4n) is 4.17. The summed E-state index contributed by atoms with van der Waals surface area (Å²) in [6.07, 6.45) is 5.26. The number of likely N-dealkylation sites (tertiary alicyclic amines) is 1. The van der Waals surface area contributed by atoms with E-state index in [1.54, 1.807) is 24.3 Å². The molecule has 0 spiro atoms. The van der Waals surface area contributed by atoms with Crippen molar-refractivity contribution in [3.8, 4) is 0 Å². The molecular formula is C24H23N5O3. The summed E-state index contributed by atoms with van der Waals surface area (Å²) < 4.78 is 7.15. The SMILES string of the molecule is Cc1ccc(C(=O)N2CCCC(c3nnc4ccccn34)C2)cc1NC(=O)c1ccco1. The maximum atomic E-state index is 13.3. The van der Waals surface area contributed by atoms with Gasteiger partial charge in [-0.1, -0.05) is 12.1 Å². The van der Waals surface area contributed by atoms with E-state index in [0.29, 0.717) is 24.3 Å². The Labute approximate surface area is 184 Å². The van der Waals surface area contributed by atoms with E-state index in [9.17, 15) is 9.59 Å². The number of hydrogen-bond donors (Lipinski definition) is 1. The Hall–Kier alpha value is -3.94. The van der Waals surface area contributed by atoms with E-state index in [0.717, 1.165) is 29.9 Å². The van der Waals surface area contributed by atoms with Gasteiger partial charge in [0.25, 0.3) is 11.8 Å². The van der Waals surface area contributed by atoms with E-state index in [2.05, 4.69) is 15.5 Å². The van der Waals surface area contributed by atoms with Gasteiger partial charge in [0.15, 0.2) is 11.4 Å². The number of piperidine rings is 1. The lowest BCUT2D eigenvalue weighted by Crippen LogP contribution is -2.39. The van der Waals surface area contributed by atoms with Crippen molar-refractivity contribution < 1.29 is 14.0 Å². The molecule has 162 valence electrons. The molecular weight excluding hydrogens is 406 g/mol. The second-order valence-electron chi connectivity index (χ2n) is 8.04. The van der Waals surface area contributed by atoms with Crippen molar-refractivity contribution in [2.45, 2.75) is 25.7 Å². The Morgan fingerprint density at radius 2 is 2.03 bits per heavy atom. The van der Waals surface area contributed by atoms with E-state index < -0.39 is 0 Å². The molecule has 1 unspecified atom stereocenters. The van der Waals surface area contributed by atoms with Crippen molar-refractivity contribution in [2.75, 3.05) is 18.4 Å². The summed E-state index contributed by atoms with van der Waals surface area (Å²) in [6.45, 7) is 3.16. The Morgan fingerprint density at radius 3 is 2.88 bits per heavy atom. The smallest absolute Gasteiger partial charge is 0.291 e. The minimum absolute atomic E-state index is 0.0583. The van der Waals surface area contributed by atoms with Crippen LogP contribution in [0.3, 0.4) is 0 Å². The molecule has 0 aliphatic carbocycles. The van der Waals surface area contributed by atoms with Crippen LogP contribution in [-0.2, 0) is 0 Å². The van der Waals surface area contributed by atoms with Gasteiger partial charge >= 0.3 is 0 Å². The van der Waals surface area contributed by atoms with Gasteiger partial charge in [-0.3, -0.25) is 14.0 Å². The van der Waals surface area contributed by atoms with Crippen LogP contribution in [0.4, 0.5) is 5.69 Å². The third kappa shape index (κ3) is 3.75. The lowest BCUT2D eigenvalue weighted by Gasteiger charge is -2.32. The van der Waals surface area contributed by atoms with E-state index in [-0.39, 0.29) is 23.5 Å². The molecule has 4 heterocycles. The number of furan rings is 1. The second-order valence-corrected chi connectivity index (χ2v) is 8.04. The van der Waals surface area contributed by atoms with E-state index in [1.807, 2.05) is 46.7 Å². The maximum absolute atomic E-state index is 13.3. The van der Waals surface area contributed by atoms with Gasteiger partial charge in [0.05, 0.1) is 6.26 Å². The topological polar surface area (TPSA) is 92.7 Å². The van der Waals surface area contributed by atoms with Crippen LogP contribution in [0.25, 0.3) is 5.65 Å². The van der Waals surface area contributed by atoms with Crippen molar-refractivity contribution in [2.24, 2.45) is 0 Å². The highest BCUT2D eigenvalue weighted by molar-refractivity contribution is 6.04. The number of aromatic nitrogens is 3. The molecule has 32 heavy (non-hydrogen) atoms. The molecule has 8 heteroatoms. The molecule has 1 N–H and O–H groups in total. The molecule has 0 radical (unpaired) electrons. The minimum atomic E-state index is -0.348. The molecule has 0 saturated carbocycles. The van der Waals surface area contributed by atoms with Crippen molar-refractivity contribution in [1.29, 1.82) is 0 Å². The number of carbonyl (C=O) groups is 2. The second kappa shape index (κ2) is 8.30. The van der Waals surface area contributed by atoms with Crippen LogP contribution in [-0.4, -0.2) is 44.4 Å². The summed E-state index contributed by atoms with van der Waals surface area (Å²) in [5, 5.41) is 11.5. The van der Waals surface area contributed by atoms with Crippen molar-refractivity contribution in [1.82, 2.24) is 19.5 Å². The Kier molecular flexibility index (Phi) is 5.18. The Balaban J connectivity index is 1.35. The van der Waals surface area contributed by atoms with E-state index in [1.165, 1.54) is 6.26 Å². The van der Waals surface area contributed by atoms with Crippen molar-refractivity contribution >= 4 is 23.1 Å². The van der Waals surface area contributed by atoms with Gasteiger partial charge in [-0.2, -0.15) is 0 Å². The molecule has 0 bridgehead atoms. The summed E-state index contributed by atoms with van der Waals surface area (Å²) in [6, 6.07) is 14.5. The van der Waals surface area contributed by atoms with Gasteiger partial charge in [0.1, 0.15) is 5.82 Å². The first-order chi connectivity index (χ1) is 15.6. The number of hydrogen-bond acceptors (Lipinski definition) is 5. The summed E-state index contributed by atoms with van der Waals surface area (Å²) in [5.74, 6) is 0.819. The van der Waals surface area contributed by atoms with Crippen LogP contribution in [0.15, 0.2) is 65.4 Å². The van der Waals surface area contributed by atoms with Crippen molar-refractivity contribution in [3.63, 3.8) is 0 Å². The predicted molar refractivity (Wildman–Crippen MR) is 119 cm³/mol. The monoisotopic (exact) mass is 429 g/mol. The molecule has 1 saturated heterocycles. The van der Waals surface area contributed by atoms with Gasteiger partial charge < -0.3 is 14.6 Å². The number of rotatable bonds is 4. The van der Waals surface area contributed by atoms with Crippen LogP contribution in [0.2, 0.25) is 0 Å². The number of benzene rings is 1. The van der Waals surface area contributed by atoms with Gasteiger partial charge in [-0.25, -0.2) is 0 Å². The van der Waals surface area contributed by atoms with Gasteiger partial charge in [0, 0.05) is 36.5 Å². The third-order valence-corrected chi connectivity index (χ3v) is 5.89. The summed E-state index contributed by atoms with van der Waals surface area (Å²) in [4.78, 5) is 27.5. The van der Waals surface area contributed by atoms with Crippen LogP contribution >= 0.6 is 0 Å². The average Bonchev–Trinajstić information content (AvgIpc) is 3.50. The standard InChI is InChI=1S/C24H23N5O3/c1-16-9-10-17(14-19(16)25-23(30)20-7-5-13-32-20)24(31)28-11-4-6-18(15-28)22-27-26-21-8-2-3-12-29(21)22/h2-3,5,7-10,12-14,18H,4,6,11,15H2,1H3,(H,25,30). The molecule has 1 fully saturated rings. The highest BCUT2D eigenvalue weighted by Gasteiger charge is 2.28. The zero-order chi connectivity index (χ0) is 22.1. The normalized spacial score (nSPS) is 16.3. The molecule has 5 rings (SSSR count). The zero-order valence-electron chi connectivity index (χ0n) is 17.7. The van der Waals surface area contributed by atoms with Crippen LogP contribution in [0, 0.1) is 6.92 Å². The molecule has 1 atom stereocenters. The number of amides is 2. The quantitative estimate of drug-likeness (QED) is 0.531. The predicted octanol–water partition coefficient (Wildman–Crippen LogP) is 3.90. The Morgan fingerprint density at radius 1 is 1.12 bits per heavy atom.